The molecule has 1 atom stereocenters. The normalized spacial score (nSPS) is 33.1. The minimum absolute atomic E-state index is 0.000205. The van der Waals surface area contributed by atoms with Gasteiger partial charge in [-0.3, -0.25) is 9.69 Å². The third-order valence-corrected chi connectivity index (χ3v) is 5.32. The maximum Gasteiger partial charge on any atom is 0.250 e. The third kappa shape index (κ3) is 4.19. The Morgan fingerprint density at radius 3 is 2.43 bits per heavy atom. The number of likely N-dealkylation sites (tertiary alicyclic amines) is 2. The van der Waals surface area contributed by atoms with Crippen LogP contribution in [0.4, 0.5) is 8.78 Å². The van der Waals surface area contributed by atoms with E-state index in [1.165, 1.54) is 0 Å². The van der Waals surface area contributed by atoms with Gasteiger partial charge in [0.25, 0.3) is 5.92 Å². The maximum absolute atomic E-state index is 13.2. The molecular formula is C16H26F2N2O3. The second kappa shape index (κ2) is 6.61. The van der Waals surface area contributed by atoms with Crippen molar-refractivity contribution in [2.24, 2.45) is 5.92 Å². The highest BCUT2D eigenvalue weighted by molar-refractivity contribution is 5.79. The van der Waals surface area contributed by atoms with Gasteiger partial charge in [-0.2, -0.15) is 0 Å². The maximum atomic E-state index is 13.2. The summed E-state index contributed by atoms with van der Waals surface area (Å²) in [6, 6.07) is 0. The molecule has 5 nitrogen and oxygen atoms in total. The summed E-state index contributed by atoms with van der Waals surface area (Å²) >= 11 is 0. The van der Waals surface area contributed by atoms with E-state index in [0.29, 0.717) is 52.4 Å². The molecule has 1 N–H and O–H groups in total. The number of rotatable bonds is 3. The molecular weight excluding hydrogens is 306 g/mol. The number of alkyl halides is 2. The van der Waals surface area contributed by atoms with Crippen LogP contribution in [0.25, 0.3) is 0 Å². The molecule has 23 heavy (non-hydrogen) atoms. The first kappa shape index (κ1) is 17.0. The summed E-state index contributed by atoms with van der Waals surface area (Å²) in [5.41, 5.74) is -0.965. The Hall–Kier alpha value is -0.790. The predicted octanol–water partition coefficient (Wildman–Crippen LogP) is 1.11. The Balaban J connectivity index is 1.50. The van der Waals surface area contributed by atoms with E-state index in [4.69, 9.17) is 4.74 Å². The number of hydrogen-bond donors (Lipinski definition) is 1. The second-order valence-corrected chi connectivity index (χ2v) is 7.25. The van der Waals surface area contributed by atoms with Crippen LogP contribution in [0.3, 0.4) is 0 Å². The van der Waals surface area contributed by atoms with Gasteiger partial charge in [0.05, 0.1) is 12.1 Å². The fraction of sp³-hybridized carbons (Fsp3) is 0.938. The molecule has 132 valence electrons. The number of nitrogens with zero attached hydrogens (tertiary/aromatic N) is 2. The van der Waals surface area contributed by atoms with Crippen molar-refractivity contribution >= 4 is 5.91 Å². The Bertz CT molecular complexity index is 433. The number of halogens is 2. The molecule has 0 spiro atoms. The predicted molar refractivity (Wildman–Crippen MR) is 80.3 cm³/mol. The van der Waals surface area contributed by atoms with E-state index in [9.17, 15) is 18.7 Å². The van der Waals surface area contributed by atoms with Crippen LogP contribution in [0.1, 0.15) is 32.1 Å². The van der Waals surface area contributed by atoms with Gasteiger partial charge < -0.3 is 14.7 Å². The van der Waals surface area contributed by atoms with E-state index in [1.807, 2.05) is 4.90 Å². The first-order valence-electron chi connectivity index (χ1n) is 8.56. The lowest BCUT2D eigenvalue weighted by Gasteiger charge is -2.36. The van der Waals surface area contributed by atoms with E-state index >= 15 is 0 Å². The molecule has 7 heteroatoms. The van der Waals surface area contributed by atoms with Crippen molar-refractivity contribution in [2.75, 3.05) is 45.9 Å². The summed E-state index contributed by atoms with van der Waals surface area (Å²) in [7, 11) is 0. The lowest BCUT2D eigenvalue weighted by Crippen LogP contribution is -2.50. The van der Waals surface area contributed by atoms with Crippen molar-refractivity contribution in [3.63, 3.8) is 0 Å². The molecule has 0 aliphatic carbocycles. The zero-order valence-corrected chi connectivity index (χ0v) is 13.5. The molecule has 3 saturated heterocycles. The molecule has 0 saturated carbocycles. The highest BCUT2D eigenvalue weighted by atomic mass is 19.3. The molecule has 3 aliphatic rings. The van der Waals surface area contributed by atoms with Gasteiger partial charge in [-0.05, 0) is 19.3 Å². The highest BCUT2D eigenvalue weighted by Gasteiger charge is 2.43. The van der Waals surface area contributed by atoms with Crippen LogP contribution >= 0.6 is 0 Å². The van der Waals surface area contributed by atoms with Crippen molar-refractivity contribution in [2.45, 2.75) is 43.6 Å². The zero-order chi connectivity index (χ0) is 16.5. The lowest BCUT2D eigenvalue weighted by atomic mass is 9.98. The number of hydrogen-bond acceptors (Lipinski definition) is 4. The summed E-state index contributed by atoms with van der Waals surface area (Å²) in [4.78, 5) is 16.2. The van der Waals surface area contributed by atoms with Gasteiger partial charge in [0.2, 0.25) is 5.91 Å². The molecule has 3 aliphatic heterocycles. The van der Waals surface area contributed by atoms with Gasteiger partial charge in [0.1, 0.15) is 0 Å². The molecule has 3 rings (SSSR count). The van der Waals surface area contributed by atoms with Crippen molar-refractivity contribution in [1.29, 1.82) is 0 Å². The number of β-amino-alcohol motifs (C(OH)–C–C–N with tert-alkyl or cyclic N) is 1. The molecule has 0 aromatic carbocycles. The largest absolute Gasteiger partial charge is 0.387 e. The quantitative estimate of drug-likeness (QED) is 0.841. The Labute approximate surface area is 135 Å². The number of ether oxygens (including phenoxy) is 1. The summed E-state index contributed by atoms with van der Waals surface area (Å²) in [6.07, 6.45) is 1.72. The molecule has 0 unspecified atom stereocenters. The van der Waals surface area contributed by atoms with E-state index in [-0.39, 0.29) is 24.7 Å². The van der Waals surface area contributed by atoms with E-state index < -0.39 is 11.5 Å². The highest BCUT2D eigenvalue weighted by Crippen LogP contribution is 2.31. The zero-order valence-electron chi connectivity index (χ0n) is 13.5. The average Bonchev–Trinajstić information content (AvgIpc) is 2.92. The van der Waals surface area contributed by atoms with Crippen molar-refractivity contribution in [3.8, 4) is 0 Å². The van der Waals surface area contributed by atoms with Gasteiger partial charge in [-0.1, -0.05) is 0 Å². The smallest absolute Gasteiger partial charge is 0.250 e. The molecule has 3 fully saturated rings. The third-order valence-electron chi connectivity index (χ3n) is 5.32. The Morgan fingerprint density at radius 1 is 1.13 bits per heavy atom. The number of aliphatic hydroxyl groups is 1. The van der Waals surface area contributed by atoms with Crippen LogP contribution in [-0.4, -0.2) is 78.3 Å². The van der Waals surface area contributed by atoms with Gasteiger partial charge in [0.15, 0.2) is 0 Å². The van der Waals surface area contributed by atoms with Gasteiger partial charge >= 0.3 is 0 Å². The summed E-state index contributed by atoms with van der Waals surface area (Å²) < 4.78 is 31.7. The first-order chi connectivity index (χ1) is 10.9. The van der Waals surface area contributed by atoms with Crippen LogP contribution < -0.4 is 0 Å². The van der Waals surface area contributed by atoms with E-state index in [0.717, 1.165) is 12.8 Å². The fourth-order valence-corrected chi connectivity index (χ4v) is 3.83. The van der Waals surface area contributed by atoms with Crippen molar-refractivity contribution in [1.82, 2.24) is 9.80 Å². The monoisotopic (exact) mass is 332 g/mol. The van der Waals surface area contributed by atoms with Crippen LogP contribution in [-0.2, 0) is 9.53 Å². The number of piperidine rings is 1. The molecule has 0 aromatic rings. The average molecular weight is 332 g/mol. The van der Waals surface area contributed by atoms with Crippen LogP contribution in [0.2, 0.25) is 0 Å². The number of carbonyl (C=O) groups excluding carboxylic acids is 1. The second-order valence-electron chi connectivity index (χ2n) is 7.25. The summed E-state index contributed by atoms with van der Waals surface area (Å²) in [6.45, 7) is 3.10. The minimum atomic E-state index is -2.57. The molecule has 1 amide bonds. The van der Waals surface area contributed by atoms with E-state index in [2.05, 4.69) is 0 Å². The van der Waals surface area contributed by atoms with Gasteiger partial charge in [-0.15, -0.1) is 0 Å². The Morgan fingerprint density at radius 2 is 1.78 bits per heavy atom. The van der Waals surface area contributed by atoms with Crippen molar-refractivity contribution < 1.29 is 23.4 Å². The summed E-state index contributed by atoms with van der Waals surface area (Å²) in [5.74, 6) is -2.46. The van der Waals surface area contributed by atoms with Crippen LogP contribution in [0, 0.1) is 5.92 Å². The molecule has 3 heterocycles. The molecule has 0 aromatic heterocycles. The van der Waals surface area contributed by atoms with Gasteiger partial charge in [0, 0.05) is 58.2 Å². The Kier molecular flexibility index (Phi) is 4.90. The van der Waals surface area contributed by atoms with Crippen molar-refractivity contribution in [3.05, 3.63) is 0 Å². The number of carbonyl (C=O) groups is 1. The molecule has 0 bridgehead atoms. The first-order valence-corrected chi connectivity index (χ1v) is 8.56. The standard InChI is InChI=1S/C16H26F2N2O3/c17-16(18)4-6-19(7-5-16)11-15(22)3-8-20(12-15)14(21)13-1-9-23-10-2-13/h13,22H,1-12H2/t15-/m1/s1. The fourth-order valence-electron chi connectivity index (χ4n) is 3.83. The van der Waals surface area contributed by atoms with Crippen LogP contribution in [0.5, 0.6) is 0 Å². The van der Waals surface area contributed by atoms with Crippen LogP contribution in [0.15, 0.2) is 0 Å². The minimum Gasteiger partial charge on any atom is -0.387 e. The SMILES string of the molecule is O=C(C1CCOCC1)N1CC[C@@](O)(CN2CCC(F)(F)CC2)C1. The summed E-state index contributed by atoms with van der Waals surface area (Å²) in [5, 5.41) is 10.7. The van der Waals surface area contributed by atoms with E-state index in [1.54, 1.807) is 4.90 Å². The molecule has 0 radical (unpaired) electrons. The lowest BCUT2D eigenvalue weighted by molar-refractivity contribution is -0.138. The number of amides is 1. The van der Waals surface area contributed by atoms with Gasteiger partial charge in [-0.25, -0.2) is 8.78 Å². The topological polar surface area (TPSA) is 53.0 Å².